The number of carbonyl (C=O) groups excluding carboxylic acids is 1. The van der Waals surface area contributed by atoms with E-state index in [0.29, 0.717) is 18.0 Å². The third kappa shape index (κ3) is 4.56. The first-order chi connectivity index (χ1) is 10.1. The SMILES string of the molecule is Cc1ccc(NC(=O)CCC2CCOCC2)c(C(=O)O)c1. The first-order valence-corrected chi connectivity index (χ1v) is 7.28. The molecule has 1 aliphatic heterocycles. The fraction of sp³-hybridized carbons (Fsp3) is 0.500. The first-order valence-electron chi connectivity index (χ1n) is 7.28. The lowest BCUT2D eigenvalue weighted by Gasteiger charge is -2.21. The van der Waals surface area contributed by atoms with Crippen molar-refractivity contribution < 1.29 is 19.4 Å². The third-order valence-corrected chi connectivity index (χ3v) is 3.80. The molecule has 0 unspecified atom stereocenters. The summed E-state index contributed by atoms with van der Waals surface area (Å²) in [4.78, 5) is 23.2. The number of ether oxygens (including phenoxy) is 1. The average Bonchev–Trinajstić information content (AvgIpc) is 2.48. The molecule has 21 heavy (non-hydrogen) atoms. The molecule has 2 rings (SSSR count). The van der Waals surface area contributed by atoms with Crippen LogP contribution in [-0.2, 0) is 9.53 Å². The molecule has 2 N–H and O–H groups in total. The van der Waals surface area contributed by atoms with E-state index in [2.05, 4.69) is 5.32 Å². The molecular weight excluding hydrogens is 270 g/mol. The van der Waals surface area contributed by atoms with Crippen molar-refractivity contribution in [1.29, 1.82) is 0 Å². The van der Waals surface area contributed by atoms with Crippen LogP contribution in [0.5, 0.6) is 0 Å². The standard InChI is InChI=1S/C16H21NO4/c1-11-2-4-14(13(10-11)16(19)20)17-15(18)5-3-12-6-8-21-9-7-12/h2,4,10,12H,3,5-9H2,1H3,(H,17,18)(H,19,20). The minimum absolute atomic E-state index is 0.132. The Morgan fingerprint density at radius 2 is 2.05 bits per heavy atom. The molecule has 1 heterocycles. The maximum absolute atomic E-state index is 12.0. The lowest BCUT2D eigenvalue weighted by atomic mass is 9.95. The monoisotopic (exact) mass is 291 g/mol. The number of nitrogens with one attached hydrogen (secondary N) is 1. The first kappa shape index (κ1) is 15.5. The molecule has 0 saturated carbocycles. The number of amides is 1. The number of aryl methyl sites for hydroxylation is 1. The van der Waals surface area contributed by atoms with Gasteiger partial charge in [0.05, 0.1) is 11.3 Å². The number of carbonyl (C=O) groups is 2. The second kappa shape index (κ2) is 7.22. The number of carboxylic acid groups (broad SMARTS) is 1. The molecular formula is C16H21NO4. The Morgan fingerprint density at radius 3 is 2.71 bits per heavy atom. The molecule has 0 atom stereocenters. The summed E-state index contributed by atoms with van der Waals surface area (Å²) in [7, 11) is 0. The Morgan fingerprint density at radius 1 is 1.33 bits per heavy atom. The molecule has 0 aromatic heterocycles. The maximum atomic E-state index is 12.0. The lowest BCUT2D eigenvalue weighted by molar-refractivity contribution is -0.116. The van der Waals surface area contributed by atoms with Crippen molar-refractivity contribution in [2.45, 2.75) is 32.6 Å². The van der Waals surface area contributed by atoms with Gasteiger partial charge in [-0.25, -0.2) is 4.79 Å². The number of anilines is 1. The molecule has 1 aromatic carbocycles. The van der Waals surface area contributed by atoms with E-state index in [9.17, 15) is 14.7 Å². The van der Waals surface area contributed by atoms with Crippen molar-refractivity contribution in [3.63, 3.8) is 0 Å². The van der Waals surface area contributed by atoms with E-state index in [1.165, 1.54) is 0 Å². The molecule has 114 valence electrons. The summed E-state index contributed by atoms with van der Waals surface area (Å²) in [5, 5.41) is 11.9. The summed E-state index contributed by atoms with van der Waals surface area (Å²) in [5.41, 5.74) is 1.35. The predicted octanol–water partition coefficient (Wildman–Crippen LogP) is 2.84. The second-order valence-corrected chi connectivity index (χ2v) is 5.50. The molecule has 1 aromatic rings. The number of carboxylic acids is 1. The van der Waals surface area contributed by atoms with Crippen molar-refractivity contribution in [3.8, 4) is 0 Å². The number of benzene rings is 1. The van der Waals surface area contributed by atoms with Gasteiger partial charge in [0.15, 0.2) is 0 Å². The smallest absolute Gasteiger partial charge is 0.337 e. The zero-order chi connectivity index (χ0) is 15.2. The maximum Gasteiger partial charge on any atom is 0.337 e. The number of aromatic carboxylic acids is 1. The number of hydrogen-bond acceptors (Lipinski definition) is 3. The van der Waals surface area contributed by atoms with Crippen LogP contribution in [0.25, 0.3) is 0 Å². The van der Waals surface area contributed by atoms with Crippen molar-refractivity contribution in [3.05, 3.63) is 29.3 Å². The lowest BCUT2D eigenvalue weighted by Crippen LogP contribution is -2.19. The van der Waals surface area contributed by atoms with Gasteiger partial charge in [-0.3, -0.25) is 4.79 Å². The van der Waals surface area contributed by atoms with E-state index in [4.69, 9.17) is 4.74 Å². The zero-order valence-corrected chi connectivity index (χ0v) is 12.2. The Bertz CT molecular complexity index is 521. The van der Waals surface area contributed by atoms with E-state index in [-0.39, 0.29) is 11.5 Å². The van der Waals surface area contributed by atoms with Crippen LogP contribution >= 0.6 is 0 Å². The quantitative estimate of drug-likeness (QED) is 0.874. The largest absolute Gasteiger partial charge is 0.478 e. The molecule has 0 bridgehead atoms. The van der Waals surface area contributed by atoms with Crippen LogP contribution in [0.2, 0.25) is 0 Å². The molecule has 1 aliphatic rings. The summed E-state index contributed by atoms with van der Waals surface area (Å²) < 4.78 is 5.29. The van der Waals surface area contributed by atoms with Crippen molar-refractivity contribution in [1.82, 2.24) is 0 Å². The summed E-state index contributed by atoms with van der Waals surface area (Å²) in [6, 6.07) is 5.00. The molecule has 1 fully saturated rings. The molecule has 0 radical (unpaired) electrons. The van der Waals surface area contributed by atoms with Gasteiger partial charge in [0.25, 0.3) is 0 Å². The van der Waals surface area contributed by atoms with Crippen molar-refractivity contribution >= 4 is 17.6 Å². The molecule has 1 saturated heterocycles. The highest BCUT2D eigenvalue weighted by Crippen LogP contribution is 2.21. The predicted molar refractivity (Wildman–Crippen MR) is 79.5 cm³/mol. The zero-order valence-electron chi connectivity index (χ0n) is 12.2. The van der Waals surface area contributed by atoms with E-state index in [0.717, 1.165) is 38.0 Å². The van der Waals surface area contributed by atoms with Gasteiger partial charge in [0.1, 0.15) is 0 Å². The van der Waals surface area contributed by atoms with E-state index in [1.54, 1.807) is 18.2 Å². The second-order valence-electron chi connectivity index (χ2n) is 5.50. The fourth-order valence-electron chi connectivity index (χ4n) is 2.53. The highest BCUT2D eigenvalue weighted by atomic mass is 16.5. The van der Waals surface area contributed by atoms with E-state index in [1.807, 2.05) is 6.92 Å². The molecule has 5 nitrogen and oxygen atoms in total. The van der Waals surface area contributed by atoms with Gasteiger partial charge in [-0.1, -0.05) is 11.6 Å². The minimum atomic E-state index is -1.03. The van der Waals surface area contributed by atoms with Crippen LogP contribution in [0.15, 0.2) is 18.2 Å². The van der Waals surface area contributed by atoms with E-state index < -0.39 is 5.97 Å². The molecule has 0 aliphatic carbocycles. The third-order valence-electron chi connectivity index (χ3n) is 3.80. The van der Waals surface area contributed by atoms with Crippen molar-refractivity contribution in [2.24, 2.45) is 5.92 Å². The normalized spacial score (nSPS) is 15.7. The summed E-state index contributed by atoms with van der Waals surface area (Å²) in [6.45, 7) is 3.37. The number of hydrogen-bond donors (Lipinski definition) is 2. The number of rotatable bonds is 5. The fourth-order valence-corrected chi connectivity index (χ4v) is 2.53. The van der Waals surface area contributed by atoms with Crippen LogP contribution < -0.4 is 5.32 Å². The Kier molecular flexibility index (Phi) is 5.33. The summed E-state index contributed by atoms with van der Waals surface area (Å²) >= 11 is 0. The summed E-state index contributed by atoms with van der Waals surface area (Å²) in [6.07, 6.45) is 3.23. The molecule has 1 amide bonds. The van der Waals surface area contributed by atoms with Gasteiger partial charge in [-0.15, -0.1) is 0 Å². The van der Waals surface area contributed by atoms with Gasteiger partial charge in [-0.2, -0.15) is 0 Å². The Hall–Kier alpha value is -1.88. The molecule has 5 heteroatoms. The van der Waals surface area contributed by atoms with Gasteiger partial charge in [0.2, 0.25) is 5.91 Å². The summed E-state index contributed by atoms with van der Waals surface area (Å²) in [5.74, 6) is -0.632. The van der Waals surface area contributed by atoms with Crippen molar-refractivity contribution in [2.75, 3.05) is 18.5 Å². The van der Waals surface area contributed by atoms with Gasteiger partial charge < -0.3 is 15.2 Å². The van der Waals surface area contributed by atoms with Crippen LogP contribution in [0, 0.1) is 12.8 Å². The van der Waals surface area contributed by atoms with Crippen LogP contribution in [0.3, 0.4) is 0 Å². The van der Waals surface area contributed by atoms with E-state index >= 15 is 0 Å². The Balaban J connectivity index is 1.91. The van der Waals surface area contributed by atoms with Gasteiger partial charge in [-0.05, 0) is 44.2 Å². The van der Waals surface area contributed by atoms with Gasteiger partial charge >= 0.3 is 5.97 Å². The molecule has 0 spiro atoms. The van der Waals surface area contributed by atoms with Crippen LogP contribution in [0.4, 0.5) is 5.69 Å². The van der Waals surface area contributed by atoms with Crippen LogP contribution in [0.1, 0.15) is 41.6 Å². The van der Waals surface area contributed by atoms with Crippen LogP contribution in [-0.4, -0.2) is 30.2 Å². The average molecular weight is 291 g/mol. The highest BCUT2D eigenvalue weighted by Gasteiger charge is 2.17. The Labute approximate surface area is 124 Å². The highest BCUT2D eigenvalue weighted by molar-refractivity contribution is 6.00. The minimum Gasteiger partial charge on any atom is -0.478 e. The topological polar surface area (TPSA) is 75.6 Å². The van der Waals surface area contributed by atoms with Gasteiger partial charge in [0, 0.05) is 19.6 Å².